The lowest BCUT2D eigenvalue weighted by Gasteiger charge is -2.17. The molecule has 0 aromatic heterocycles. The maximum atomic E-state index is 12.3. The molecule has 9 heteroatoms. The number of hydrogen-bond donors (Lipinski definition) is 0. The van der Waals surface area contributed by atoms with Gasteiger partial charge in [0.15, 0.2) is 0 Å². The standard InChI is InChI=1S/C16H17ClN2O5S/c1-18(9-10-24-16-4-2-3-14(17)11-16)25(22,23)12-13-5-7-15(8-6-13)19(20)21/h2-8,11H,9-10,12H2,1H3. The zero-order valence-electron chi connectivity index (χ0n) is 13.5. The van der Waals surface area contributed by atoms with Gasteiger partial charge in [0.25, 0.3) is 5.69 Å². The van der Waals surface area contributed by atoms with Gasteiger partial charge in [0.05, 0.1) is 10.7 Å². The van der Waals surface area contributed by atoms with Crippen LogP contribution in [0.4, 0.5) is 5.69 Å². The Morgan fingerprint density at radius 1 is 1.20 bits per heavy atom. The average Bonchev–Trinajstić information content (AvgIpc) is 2.55. The van der Waals surface area contributed by atoms with Gasteiger partial charge in [0, 0.05) is 30.7 Å². The Morgan fingerprint density at radius 3 is 2.48 bits per heavy atom. The molecule has 25 heavy (non-hydrogen) atoms. The van der Waals surface area contributed by atoms with Crippen LogP contribution in [0.25, 0.3) is 0 Å². The molecule has 2 rings (SSSR count). The molecule has 0 heterocycles. The lowest BCUT2D eigenvalue weighted by Crippen LogP contribution is -2.32. The van der Waals surface area contributed by atoms with Crippen LogP contribution in [-0.4, -0.2) is 37.8 Å². The summed E-state index contributed by atoms with van der Waals surface area (Å²) < 4.78 is 31.3. The number of likely N-dealkylation sites (N-methyl/N-ethyl adjacent to an activating group) is 1. The summed E-state index contributed by atoms with van der Waals surface area (Å²) in [6.07, 6.45) is 0. The van der Waals surface area contributed by atoms with Gasteiger partial charge in [0.2, 0.25) is 10.0 Å². The minimum absolute atomic E-state index is 0.0792. The molecule has 0 N–H and O–H groups in total. The molecule has 2 aromatic rings. The third-order valence-electron chi connectivity index (χ3n) is 3.44. The first kappa shape index (κ1) is 19.2. The highest BCUT2D eigenvalue weighted by molar-refractivity contribution is 7.88. The highest BCUT2D eigenvalue weighted by atomic mass is 35.5. The highest BCUT2D eigenvalue weighted by Gasteiger charge is 2.19. The zero-order chi connectivity index (χ0) is 18.4. The van der Waals surface area contributed by atoms with Crippen molar-refractivity contribution in [1.29, 1.82) is 0 Å². The molecule has 0 saturated carbocycles. The van der Waals surface area contributed by atoms with Crippen LogP contribution in [0.15, 0.2) is 48.5 Å². The van der Waals surface area contributed by atoms with E-state index < -0.39 is 14.9 Å². The number of halogens is 1. The van der Waals surface area contributed by atoms with Crippen LogP contribution in [0.3, 0.4) is 0 Å². The summed E-state index contributed by atoms with van der Waals surface area (Å²) in [7, 11) is -2.09. The van der Waals surface area contributed by atoms with E-state index in [2.05, 4.69) is 0 Å². The minimum atomic E-state index is -3.55. The summed E-state index contributed by atoms with van der Waals surface area (Å²) in [5, 5.41) is 11.2. The third kappa shape index (κ3) is 5.70. The van der Waals surface area contributed by atoms with Crippen LogP contribution in [0.1, 0.15) is 5.56 Å². The minimum Gasteiger partial charge on any atom is -0.492 e. The van der Waals surface area contributed by atoms with Gasteiger partial charge in [-0.25, -0.2) is 12.7 Å². The maximum absolute atomic E-state index is 12.3. The predicted molar refractivity (Wildman–Crippen MR) is 95.3 cm³/mol. The van der Waals surface area contributed by atoms with Gasteiger partial charge < -0.3 is 4.74 Å². The number of hydrogen-bond acceptors (Lipinski definition) is 5. The van der Waals surface area contributed by atoms with Gasteiger partial charge in [-0.1, -0.05) is 29.8 Å². The van der Waals surface area contributed by atoms with E-state index in [0.717, 1.165) is 0 Å². The van der Waals surface area contributed by atoms with E-state index >= 15 is 0 Å². The summed E-state index contributed by atoms with van der Waals surface area (Å²) in [5.41, 5.74) is 0.401. The van der Waals surface area contributed by atoms with Gasteiger partial charge in [0.1, 0.15) is 12.4 Å². The number of sulfonamides is 1. The number of nitro benzene ring substituents is 1. The molecule has 2 aromatic carbocycles. The fraction of sp³-hybridized carbons (Fsp3) is 0.250. The van der Waals surface area contributed by atoms with Gasteiger partial charge in [-0.2, -0.15) is 0 Å². The normalized spacial score (nSPS) is 11.5. The molecule has 0 spiro atoms. The van der Waals surface area contributed by atoms with Crippen molar-refractivity contribution in [3.63, 3.8) is 0 Å². The lowest BCUT2D eigenvalue weighted by atomic mass is 10.2. The molecule has 0 amide bonds. The van der Waals surface area contributed by atoms with E-state index in [1.165, 1.54) is 35.6 Å². The van der Waals surface area contributed by atoms with Crippen molar-refractivity contribution in [3.8, 4) is 5.75 Å². The molecular weight excluding hydrogens is 368 g/mol. The molecule has 134 valence electrons. The first-order valence-electron chi connectivity index (χ1n) is 7.33. The molecule has 0 saturated heterocycles. The van der Waals surface area contributed by atoms with Gasteiger partial charge in [-0.15, -0.1) is 0 Å². The van der Waals surface area contributed by atoms with E-state index in [-0.39, 0.29) is 24.6 Å². The molecule has 0 fully saturated rings. The highest BCUT2D eigenvalue weighted by Crippen LogP contribution is 2.18. The van der Waals surface area contributed by atoms with Crippen molar-refractivity contribution in [2.75, 3.05) is 20.2 Å². The molecule has 0 atom stereocenters. The van der Waals surface area contributed by atoms with Crippen molar-refractivity contribution < 1.29 is 18.1 Å². The zero-order valence-corrected chi connectivity index (χ0v) is 15.0. The van der Waals surface area contributed by atoms with Crippen molar-refractivity contribution in [2.45, 2.75) is 5.75 Å². The van der Waals surface area contributed by atoms with Gasteiger partial charge >= 0.3 is 0 Å². The first-order chi connectivity index (χ1) is 11.8. The number of non-ortho nitro benzene ring substituents is 1. The van der Waals surface area contributed by atoms with Crippen molar-refractivity contribution in [2.24, 2.45) is 0 Å². The molecule has 0 aliphatic heterocycles. The number of nitrogens with zero attached hydrogens (tertiary/aromatic N) is 2. The topological polar surface area (TPSA) is 89.8 Å². The number of rotatable bonds is 8. The number of benzene rings is 2. The molecule has 0 unspecified atom stereocenters. The quantitative estimate of drug-likeness (QED) is 0.515. The second-order valence-electron chi connectivity index (χ2n) is 5.31. The van der Waals surface area contributed by atoms with Gasteiger partial charge in [-0.3, -0.25) is 10.1 Å². The lowest BCUT2D eigenvalue weighted by molar-refractivity contribution is -0.384. The molecule has 7 nitrogen and oxygen atoms in total. The molecule has 0 radical (unpaired) electrons. The van der Waals surface area contributed by atoms with E-state index in [0.29, 0.717) is 16.3 Å². The number of ether oxygens (including phenoxy) is 1. The van der Waals surface area contributed by atoms with Gasteiger partial charge in [-0.05, 0) is 23.8 Å². The van der Waals surface area contributed by atoms with E-state index in [1.807, 2.05) is 0 Å². The summed E-state index contributed by atoms with van der Waals surface area (Å²) >= 11 is 5.85. The third-order valence-corrected chi connectivity index (χ3v) is 5.51. The molecule has 0 aliphatic rings. The Hall–Kier alpha value is -2.16. The van der Waals surface area contributed by atoms with Crippen molar-refractivity contribution in [1.82, 2.24) is 4.31 Å². The molecule has 0 bridgehead atoms. The fourth-order valence-corrected chi connectivity index (χ4v) is 3.39. The molecular formula is C16H17ClN2O5S. The Balaban J connectivity index is 1.90. The second-order valence-corrected chi connectivity index (χ2v) is 7.82. The Morgan fingerprint density at radius 2 is 1.88 bits per heavy atom. The average molecular weight is 385 g/mol. The van der Waals surface area contributed by atoms with Crippen LogP contribution in [-0.2, 0) is 15.8 Å². The summed E-state index contributed by atoms with van der Waals surface area (Å²) in [6.45, 7) is 0.345. The first-order valence-corrected chi connectivity index (χ1v) is 9.32. The van der Waals surface area contributed by atoms with Crippen LogP contribution in [0.2, 0.25) is 5.02 Å². The smallest absolute Gasteiger partial charge is 0.269 e. The van der Waals surface area contributed by atoms with Crippen LogP contribution in [0.5, 0.6) is 5.75 Å². The Kier molecular flexibility index (Phi) is 6.35. The summed E-state index contributed by atoms with van der Waals surface area (Å²) in [5.74, 6) is 0.326. The Bertz CT molecular complexity index is 840. The monoisotopic (exact) mass is 384 g/mol. The van der Waals surface area contributed by atoms with Crippen LogP contribution < -0.4 is 4.74 Å². The van der Waals surface area contributed by atoms with Crippen molar-refractivity contribution >= 4 is 27.3 Å². The fourth-order valence-electron chi connectivity index (χ4n) is 2.02. The van der Waals surface area contributed by atoms with Crippen molar-refractivity contribution in [3.05, 3.63) is 69.2 Å². The summed E-state index contributed by atoms with van der Waals surface area (Å²) in [4.78, 5) is 10.1. The largest absolute Gasteiger partial charge is 0.492 e. The molecule has 0 aliphatic carbocycles. The maximum Gasteiger partial charge on any atom is 0.269 e. The van der Waals surface area contributed by atoms with E-state index in [4.69, 9.17) is 16.3 Å². The number of nitro groups is 1. The van der Waals surface area contributed by atoms with Crippen LogP contribution >= 0.6 is 11.6 Å². The van der Waals surface area contributed by atoms with E-state index in [1.54, 1.807) is 24.3 Å². The van der Waals surface area contributed by atoms with E-state index in [9.17, 15) is 18.5 Å². The Labute approximate surface area is 151 Å². The second kappa shape index (κ2) is 8.28. The predicted octanol–water partition coefficient (Wildman–Crippen LogP) is 3.09. The summed E-state index contributed by atoms with van der Waals surface area (Å²) in [6, 6.07) is 12.3. The SMILES string of the molecule is CN(CCOc1cccc(Cl)c1)S(=O)(=O)Cc1ccc([N+](=O)[O-])cc1. The van der Waals surface area contributed by atoms with Crippen LogP contribution in [0, 0.1) is 10.1 Å².